The van der Waals surface area contributed by atoms with Gasteiger partial charge in [-0.3, -0.25) is 0 Å². The van der Waals surface area contributed by atoms with Gasteiger partial charge in [0.2, 0.25) is 0 Å². The van der Waals surface area contributed by atoms with E-state index in [0.717, 1.165) is 19.8 Å². The van der Waals surface area contributed by atoms with Gasteiger partial charge >= 0.3 is 0 Å². The van der Waals surface area contributed by atoms with E-state index in [9.17, 15) is 0 Å². The molecule has 0 radical (unpaired) electrons. The van der Waals surface area contributed by atoms with E-state index in [0.29, 0.717) is 12.0 Å². The zero-order valence-corrected chi connectivity index (χ0v) is 10.7. The first-order valence-electron chi connectivity index (χ1n) is 5.91. The number of rotatable bonds is 7. The maximum Gasteiger partial charge on any atom is 0.0945 e. The van der Waals surface area contributed by atoms with Crippen molar-refractivity contribution in [1.29, 1.82) is 0 Å². The second-order valence-electron chi connectivity index (χ2n) is 4.39. The van der Waals surface area contributed by atoms with Gasteiger partial charge in [0.05, 0.1) is 18.6 Å². The van der Waals surface area contributed by atoms with Gasteiger partial charge < -0.3 is 14.6 Å². The Balaban J connectivity index is 2.40. The molecule has 0 aliphatic carbocycles. The number of hydrogen-bond donors (Lipinski definition) is 1. The van der Waals surface area contributed by atoms with E-state index in [1.807, 2.05) is 31.1 Å². The molecule has 0 aliphatic heterocycles. The van der Waals surface area contributed by atoms with Crippen LogP contribution in [-0.2, 0) is 18.3 Å². The second-order valence-corrected chi connectivity index (χ2v) is 4.39. The summed E-state index contributed by atoms with van der Waals surface area (Å²) in [7, 11) is 2.01. The SMILES string of the molecule is CCOCC(NCc1cncn1C)C(C)C. The average Bonchev–Trinajstić information content (AvgIpc) is 2.64. The number of nitrogens with one attached hydrogen (secondary N) is 1. The summed E-state index contributed by atoms with van der Waals surface area (Å²) in [4.78, 5) is 4.10. The summed E-state index contributed by atoms with van der Waals surface area (Å²) in [6, 6.07) is 0.398. The fraction of sp³-hybridized carbons (Fsp3) is 0.750. The molecule has 1 unspecified atom stereocenters. The van der Waals surface area contributed by atoms with Gasteiger partial charge in [0.1, 0.15) is 0 Å². The smallest absolute Gasteiger partial charge is 0.0945 e. The molecule has 0 amide bonds. The summed E-state index contributed by atoms with van der Waals surface area (Å²) in [5.41, 5.74) is 1.20. The third kappa shape index (κ3) is 3.94. The number of aromatic nitrogens is 2. The first-order valence-corrected chi connectivity index (χ1v) is 5.91. The topological polar surface area (TPSA) is 39.1 Å². The van der Waals surface area contributed by atoms with Crippen LogP contribution in [0.3, 0.4) is 0 Å². The third-order valence-corrected chi connectivity index (χ3v) is 2.77. The molecule has 1 rings (SSSR count). The van der Waals surface area contributed by atoms with Crippen molar-refractivity contribution in [3.8, 4) is 0 Å². The fourth-order valence-corrected chi connectivity index (χ4v) is 1.52. The number of hydrogen-bond acceptors (Lipinski definition) is 3. The molecule has 0 saturated heterocycles. The van der Waals surface area contributed by atoms with Crippen molar-refractivity contribution in [2.45, 2.75) is 33.4 Å². The molecule has 0 spiro atoms. The lowest BCUT2D eigenvalue weighted by Gasteiger charge is -2.22. The third-order valence-electron chi connectivity index (χ3n) is 2.77. The lowest BCUT2D eigenvalue weighted by Crippen LogP contribution is -2.37. The first kappa shape index (κ1) is 13.2. The van der Waals surface area contributed by atoms with Gasteiger partial charge in [-0.25, -0.2) is 4.98 Å². The Bertz CT molecular complexity index is 296. The van der Waals surface area contributed by atoms with Crippen LogP contribution < -0.4 is 5.32 Å². The van der Waals surface area contributed by atoms with Gasteiger partial charge in [-0.05, 0) is 12.8 Å². The van der Waals surface area contributed by atoms with E-state index in [-0.39, 0.29) is 0 Å². The highest BCUT2D eigenvalue weighted by Gasteiger charge is 2.13. The zero-order valence-electron chi connectivity index (χ0n) is 10.7. The molecular formula is C12H23N3O. The van der Waals surface area contributed by atoms with Gasteiger partial charge in [0.15, 0.2) is 0 Å². The van der Waals surface area contributed by atoms with Gasteiger partial charge in [-0.15, -0.1) is 0 Å². The number of ether oxygens (including phenoxy) is 1. The molecule has 0 aromatic carbocycles. The van der Waals surface area contributed by atoms with Crippen LogP contribution in [0.15, 0.2) is 12.5 Å². The molecule has 1 heterocycles. The van der Waals surface area contributed by atoms with Gasteiger partial charge in [0.25, 0.3) is 0 Å². The Kier molecular flexibility index (Phi) is 5.49. The molecule has 92 valence electrons. The molecular weight excluding hydrogens is 202 g/mol. The molecule has 1 aromatic heterocycles. The summed E-state index contributed by atoms with van der Waals surface area (Å²) in [6.45, 7) is 8.83. The van der Waals surface area contributed by atoms with E-state index in [2.05, 4.69) is 24.1 Å². The van der Waals surface area contributed by atoms with Crippen LogP contribution in [0.1, 0.15) is 26.5 Å². The van der Waals surface area contributed by atoms with Crippen molar-refractivity contribution in [3.05, 3.63) is 18.2 Å². The van der Waals surface area contributed by atoms with Gasteiger partial charge in [-0.2, -0.15) is 0 Å². The Hall–Kier alpha value is -0.870. The van der Waals surface area contributed by atoms with Crippen LogP contribution in [0.4, 0.5) is 0 Å². The minimum absolute atomic E-state index is 0.398. The molecule has 1 aromatic rings. The summed E-state index contributed by atoms with van der Waals surface area (Å²) in [5.74, 6) is 0.569. The average molecular weight is 225 g/mol. The second kappa shape index (κ2) is 6.66. The van der Waals surface area contributed by atoms with Crippen LogP contribution in [0.25, 0.3) is 0 Å². The summed E-state index contributed by atoms with van der Waals surface area (Å²) < 4.78 is 7.50. The van der Waals surface area contributed by atoms with Crippen LogP contribution in [0, 0.1) is 5.92 Å². The Morgan fingerprint density at radius 2 is 2.25 bits per heavy atom. The monoisotopic (exact) mass is 225 g/mol. The molecule has 1 atom stereocenters. The number of imidazole rings is 1. The number of aryl methyl sites for hydroxylation is 1. The fourth-order valence-electron chi connectivity index (χ4n) is 1.52. The maximum absolute atomic E-state index is 5.47. The van der Waals surface area contributed by atoms with Crippen molar-refractivity contribution < 1.29 is 4.74 Å². The molecule has 0 aliphatic rings. The quantitative estimate of drug-likeness (QED) is 0.765. The van der Waals surface area contributed by atoms with E-state index in [1.54, 1.807) is 0 Å². The van der Waals surface area contributed by atoms with E-state index in [1.165, 1.54) is 5.69 Å². The predicted octanol–water partition coefficient (Wildman–Crippen LogP) is 1.57. The van der Waals surface area contributed by atoms with Crippen LogP contribution in [0.5, 0.6) is 0 Å². The van der Waals surface area contributed by atoms with Crippen molar-refractivity contribution in [2.24, 2.45) is 13.0 Å². The van der Waals surface area contributed by atoms with Crippen LogP contribution >= 0.6 is 0 Å². The molecule has 4 nitrogen and oxygen atoms in total. The van der Waals surface area contributed by atoms with Crippen LogP contribution in [-0.4, -0.2) is 28.8 Å². The highest BCUT2D eigenvalue weighted by atomic mass is 16.5. The lowest BCUT2D eigenvalue weighted by atomic mass is 10.1. The molecule has 4 heteroatoms. The Labute approximate surface area is 98.0 Å². The highest BCUT2D eigenvalue weighted by molar-refractivity contribution is 4.97. The van der Waals surface area contributed by atoms with Crippen molar-refractivity contribution in [1.82, 2.24) is 14.9 Å². The molecule has 0 saturated carbocycles. The normalized spacial score (nSPS) is 13.3. The minimum atomic E-state index is 0.398. The Morgan fingerprint density at radius 1 is 1.50 bits per heavy atom. The van der Waals surface area contributed by atoms with Crippen LogP contribution in [0.2, 0.25) is 0 Å². The molecule has 0 fully saturated rings. The largest absolute Gasteiger partial charge is 0.380 e. The lowest BCUT2D eigenvalue weighted by molar-refractivity contribution is 0.107. The van der Waals surface area contributed by atoms with Gasteiger partial charge in [-0.1, -0.05) is 13.8 Å². The summed E-state index contributed by atoms with van der Waals surface area (Å²) in [5, 5.41) is 3.51. The molecule has 16 heavy (non-hydrogen) atoms. The standard InChI is InChI=1S/C12H23N3O/c1-5-16-8-12(10(2)3)14-7-11-6-13-9-15(11)4/h6,9-10,12,14H,5,7-8H2,1-4H3. The minimum Gasteiger partial charge on any atom is -0.380 e. The molecule has 1 N–H and O–H groups in total. The van der Waals surface area contributed by atoms with E-state index >= 15 is 0 Å². The van der Waals surface area contributed by atoms with Crippen molar-refractivity contribution in [3.63, 3.8) is 0 Å². The Morgan fingerprint density at radius 3 is 2.75 bits per heavy atom. The molecule has 0 bridgehead atoms. The van der Waals surface area contributed by atoms with Gasteiger partial charge in [0, 0.05) is 32.4 Å². The predicted molar refractivity (Wildman–Crippen MR) is 65.2 cm³/mol. The first-order chi connectivity index (χ1) is 7.65. The maximum atomic E-state index is 5.47. The number of nitrogens with zero attached hydrogens (tertiary/aromatic N) is 2. The van der Waals surface area contributed by atoms with E-state index in [4.69, 9.17) is 4.74 Å². The summed E-state index contributed by atoms with van der Waals surface area (Å²) in [6.07, 6.45) is 3.72. The zero-order chi connectivity index (χ0) is 12.0. The highest BCUT2D eigenvalue weighted by Crippen LogP contribution is 2.04. The summed E-state index contributed by atoms with van der Waals surface area (Å²) >= 11 is 0. The van der Waals surface area contributed by atoms with Crippen molar-refractivity contribution in [2.75, 3.05) is 13.2 Å². The van der Waals surface area contributed by atoms with E-state index < -0.39 is 0 Å². The van der Waals surface area contributed by atoms with Crippen molar-refractivity contribution >= 4 is 0 Å².